The van der Waals surface area contributed by atoms with Gasteiger partial charge in [0.05, 0.1) is 29.8 Å². The summed E-state index contributed by atoms with van der Waals surface area (Å²) in [7, 11) is 0. The number of amides is 1. The summed E-state index contributed by atoms with van der Waals surface area (Å²) in [6, 6.07) is 7.81. The largest absolute Gasteiger partial charge is 0.472 e. The fourth-order valence-electron chi connectivity index (χ4n) is 3.39. The second-order valence-corrected chi connectivity index (χ2v) is 6.51. The van der Waals surface area contributed by atoms with Crippen molar-refractivity contribution in [3.63, 3.8) is 0 Å². The van der Waals surface area contributed by atoms with Crippen LogP contribution in [0.15, 0.2) is 59.8 Å². The first kappa shape index (κ1) is 16.5. The fourth-order valence-corrected chi connectivity index (χ4v) is 3.39. The molecular formula is C19H21N5O2. The topological polar surface area (TPSA) is 76.2 Å². The average molecular weight is 351 g/mol. The molecule has 0 fully saturated rings. The summed E-state index contributed by atoms with van der Waals surface area (Å²) in [5.41, 5.74) is 2.95. The summed E-state index contributed by atoms with van der Waals surface area (Å²) in [6.45, 7) is 3.20. The van der Waals surface area contributed by atoms with E-state index in [4.69, 9.17) is 4.42 Å². The number of hydrogen-bond acceptors (Lipinski definition) is 5. The third kappa shape index (κ3) is 3.67. The number of nitrogens with one attached hydrogen (secondary N) is 1. The number of pyridine rings is 1. The van der Waals surface area contributed by atoms with E-state index in [1.807, 2.05) is 12.3 Å². The Bertz CT molecular complexity index is 844. The van der Waals surface area contributed by atoms with Crippen LogP contribution in [0, 0.1) is 0 Å². The van der Waals surface area contributed by atoms with Gasteiger partial charge < -0.3 is 9.73 Å². The molecule has 0 unspecified atom stereocenters. The zero-order chi connectivity index (χ0) is 17.8. The lowest BCUT2D eigenvalue weighted by atomic mass is 10.1. The zero-order valence-electron chi connectivity index (χ0n) is 14.4. The molecular weight excluding hydrogens is 330 g/mol. The summed E-state index contributed by atoms with van der Waals surface area (Å²) in [6.07, 6.45) is 9.39. The van der Waals surface area contributed by atoms with Crippen LogP contribution >= 0.6 is 0 Å². The van der Waals surface area contributed by atoms with E-state index in [0.29, 0.717) is 12.1 Å². The molecule has 134 valence electrons. The monoisotopic (exact) mass is 351 g/mol. The van der Waals surface area contributed by atoms with E-state index in [1.165, 1.54) is 11.3 Å². The van der Waals surface area contributed by atoms with Crippen LogP contribution in [-0.4, -0.2) is 38.7 Å². The van der Waals surface area contributed by atoms with E-state index in [0.717, 1.165) is 26.1 Å². The van der Waals surface area contributed by atoms with Gasteiger partial charge in [-0.25, -0.2) is 0 Å². The van der Waals surface area contributed by atoms with Gasteiger partial charge in [-0.05, 0) is 30.7 Å². The lowest BCUT2D eigenvalue weighted by Gasteiger charge is -2.33. The van der Waals surface area contributed by atoms with Crippen molar-refractivity contribution in [2.45, 2.75) is 25.6 Å². The van der Waals surface area contributed by atoms with Gasteiger partial charge in [0.25, 0.3) is 5.91 Å². The highest BCUT2D eigenvalue weighted by atomic mass is 16.3. The Morgan fingerprint density at radius 3 is 3.08 bits per heavy atom. The van der Waals surface area contributed by atoms with Gasteiger partial charge >= 0.3 is 0 Å². The molecule has 3 aromatic heterocycles. The van der Waals surface area contributed by atoms with Crippen LogP contribution in [-0.2, 0) is 13.1 Å². The minimum Gasteiger partial charge on any atom is -0.472 e. The molecule has 0 saturated carbocycles. The molecule has 0 spiro atoms. The molecule has 1 amide bonds. The van der Waals surface area contributed by atoms with Crippen molar-refractivity contribution in [1.29, 1.82) is 0 Å². The summed E-state index contributed by atoms with van der Waals surface area (Å²) < 4.78 is 7.26. The van der Waals surface area contributed by atoms with Gasteiger partial charge in [-0.3, -0.25) is 19.4 Å². The van der Waals surface area contributed by atoms with Gasteiger partial charge in [0.15, 0.2) is 0 Å². The van der Waals surface area contributed by atoms with Gasteiger partial charge in [-0.1, -0.05) is 0 Å². The van der Waals surface area contributed by atoms with E-state index < -0.39 is 0 Å². The van der Waals surface area contributed by atoms with Gasteiger partial charge in [0.2, 0.25) is 0 Å². The van der Waals surface area contributed by atoms with Gasteiger partial charge in [-0.15, -0.1) is 0 Å². The quantitative estimate of drug-likeness (QED) is 0.737. The van der Waals surface area contributed by atoms with E-state index in [2.05, 4.69) is 31.0 Å². The standard InChI is InChI=1S/C19H21N5O2/c25-19(16-2-1-6-20-10-16)21-7-3-17-12-23(11-15-5-9-26-14-15)13-18-4-8-22-24(17)18/h1-2,4-6,8-10,14,17H,3,7,11-13H2,(H,21,25)/t17-/m0/s1. The number of carbonyl (C=O) groups excluding carboxylic acids is 1. The number of nitrogens with zero attached hydrogens (tertiary/aromatic N) is 4. The van der Waals surface area contributed by atoms with Crippen molar-refractivity contribution in [2.24, 2.45) is 0 Å². The van der Waals surface area contributed by atoms with Gasteiger partial charge in [0, 0.05) is 50.3 Å². The smallest absolute Gasteiger partial charge is 0.252 e. The Balaban J connectivity index is 1.37. The molecule has 7 nitrogen and oxygen atoms in total. The first-order valence-electron chi connectivity index (χ1n) is 8.73. The Labute approximate surface area is 151 Å². The SMILES string of the molecule is O=C(NCC[C@H]1CN(Cc2ccoc2)Cc2ccnn21)c1cccnc1. The van der Waals surface area contributed by atoms with Gasteiger partial charge in [0.1, 0.15) is 0 Å². The van der Waals surface area contributed by atoms with Crippen molar-refractivity contribution in [2.75, 3.05) is 13.1 Å². The summed E-state index contributed by atoms with van der Waals surface area (Å²) >= 11 is 0. The Morgan fingerprint density at radius 1 is 1.31 bits per heavy atom. The number of carbonyl (C=O) groups is 1. The molecule has 26 heavy (non-hydrogen) atoms. The van der Waals surface area contributed by atoms with Crippen LogP contribution in [0.2, 0.25) is 0 Å². The number of rotatable bonds is 6. The highest BCUT2D eigenvalue weighted by molar-refractivity contribution is 5.93. The average Bonchev–Trinajstić information content (AvgIpc) is 3.34. The molecule has 0 aromatic carbocycles. The van der Waals surface area contributed by atoms with Crippen molar-refractivity contribution in [1.82, 2.24) is 25.0 Å². The van der Waals surface area contributed by atoms with E-state index >= 15 is 0 Å². The van der Waals surface area contributed by atoms with Gasteiger partial charge in [-0.2, -0.15) is 5.10 Å². The van der Waals surface area contributed by atoms with Crippen LogP contribution in [0.3, 0.4) is 0 Å². The summed E-state index contributed by atoms with van der Waals surface area (Å²) in [4.78, 5) is 18.5. The predicted octanol–water partition coefficient (Wildman–Crippen LogP) is 2.25. The van der Waals surface area contributed by atoms with Crippen LogP contribution in [0.4, 0.5) is 0 Å². The molecule has 1 N–H and O–H groups in total. The third-order valence-corrected chi connectivity index (χ3v) is 4.63. The molecule has 3 aromatic rings. The van der Waals surface area contributed by atoms with Crippen LogP contribution < -0.4 is 5.32 Å². The Morgan fingerprint density at radius 2 is 2.27 bits per heavy atom. The maximum atomic E-state index is 12.2. The van der Waals surface area contributed by atoms with E-state index in [9.17, 15) is 4.79 Å². The molecule has 0 radical (unpaired) electrons. The minimum atomic E-state index is -0.0927. The second kappa shape index (κ2) is 7.53. The maximum absolute atomic E-state index is 12.2. The molecule has 4 rings (SSSR count). The van der Waals surface area contributed by atoms with E-state index in [-0.39, 0.29) is 11.9 Å². The van der Waals surface area contributed by atoms with Crippen LogP contribution in [0.5, 0.6) is 0 Å². The Hall–Kier alpha value is -2.93. The second-order valence-electron chi connectivity index (χ2n) is 6.51. The molecule has 7 heteroatoms. The fraction of sp³-hybridized carbons (Fsp3) is 0.316. The van der Waals surface area contributed by atoms with Crippen molar-refractivity contribution < 1.29 is 9.21 Å². The third-order valence-electron chi connectivity index (χ3n) is 4.63. The number of fused-ring (bicyclic) bond motifs is 1. The predicted molar refractivity (Wildman–Crippen MR) is 95.3 cm³/mol. The number of furan rings is 1. The van der Waals surface area contributed by atoms with Crippen molar-refractivity contribution in [3.05, 3.63) is 72.2 Å². The molecule has 0 aliphatic carbocycles. The molecule has 1 aliphatic rings. The molecule has 1 aliphatic heterocycles. The lowest BCUT2D eigenvalue weighted by molar-refractivity contribution is 0.0946. The summed E-state index contributed by atoms with van der Waals surface area (Å²) in [5, 5.41) is 7.45. The maximum Gasteiger partial charge on any atom is 0.252 e. The number of aromatic nitrogens is 3. The first-order valence-corrected chi connectivity index (χ1v) is 8.73. The van der Waals surface area contributed by atoms with Crippen LogP contribution in [0.25, 0.3) is 0 Å². The van der Waals surface area contributed by atoms with Crippen molar-refractivity contribution >= 4 is 5.91 Å². The highest BCUT2D eigenvalue weighted by Crippen LogP contribution is 2.24. The molecule has 0 saturated heterocycles. The normalized spacial score (nSPS) is 17.0. The zero-order valence-corrected chi connectivity index (χ0v) is 14.4. The highest BCUT2D eigenvalue weighted by Gasteiger charge is 2.25. The minimum absolute atomic E-state index is 0.0927. The van der Waals surface area contributed by atoms with Crippen LogP contribution in [0.1, 0.15) is 34.1 Å². The van der Waals surface area contributed by atoms with E-state index in [1.54, 1.807) is 37.1 Å². The lowest BCUT2D eigenvalue weighted by Crippen LogP contribution is -2.38. The first-order chi connectivity index (χ1) is 12.8. The number of hydrogen-bond donors (Lipinski definition) is 1. The summed E-state index contributed by atoms with van der Waals surface area (Å²) in [5.74, 6) is -0.0927. The molecule has 4 heterocycles. The molecule has 1 atom stereocenters. The Kier molecular flexibility index (Phi) is 4.79. The molecule has 0 bridgehead atoms. The van der Waals surface area contributed by atoms with Crippen molar-refractivity contribution in [3.8, 4) is 0 Å².